The summed E-state index contributed by atoms with van der Waals surface area (Å²) in [6, 6.07) is 24.7. The number of aromatic hydroxyl groups is 1. The van der Waals surface area contributed by atoms with E-state index in [9.17, 15) is 24.3 Å². The van der Waals surface area contributed by atoms with E-state index in [2.05, 4.69) is 31.9 Å². The summed E-state index contributed by atoms with van der Waals surface area (Å²) in [6.45, 7) is 0.151. The number of hydrogen-bond acceptors (Lipinski definition) is 6. The molecule has 246 valence electrons. The van der Waals surface area contributed by atoms with Gasteiger partial charge in [0.1, 0.15) is 11.5 Å². The van der Waals surface area contributed by atoms with E-state index in [1.54, 1.807) is 43.5 Å². The van der Waals surface area contributed by atoms with Gasteiger partial charge in [0.25, 0.3) is 23.6 Å². The Morgan fingerprint density at radius 1 is 0.560 bits per heavy atom. The van der Waals surface area contributed by atoms with Crippen LogP contribution in [0, 0.1) is 0 Å². The maximum atomic E-state index is 14.1. The van der Waals surface area contributed by atoms with E-state index in [-0.39, 0.29) is 32.2 Å². The van der Waals surface area contributed by atoms with E-state index >= 15 is 0 Å². The lowest BCUT2D eigenvalue weighted by Gasteiger charge is -2.31. The van der Waals surface area contributed by atoms with E-state index in [4.69, 9.17) is 4.74 Å². The van der Waals surface area contributed by atoms with Crippen LogP contribution in [0.5, 0.6) is 11.5 Å². The van der Waals surface area contributed by atoms with Gasteiger partial charge in [0.15, 0.2) is 0 Å². The minimum atomic E-state index is -0.425. The molecule has 0 fully saturated rings. The molecule has 7 aromatic rings. The van der Waals surface area contributed by atoms with Crippen LogP contribution < -0.4 is 4.74 Å². The quantitative estimate of drug-likeness (QED) is 0.106. The highest BCUT2D eigenvalue weighted by Crippen LogP contribution is 2.49. The molecule has 50 heavy (non-hydrogen) atoms. The third kappa shape index (κ3) is 4.34. The first-order valence-corrected chi connectivity index (χ1v) is 17.0. The van der Waals surface area contributed by atoms with Gasteiger partial charge in [0.05, 0.1) is 31.3 Å². The van der Waals surface area contributed by atoms with Crippen LogP contribution in [0.4, 0.5) is 0 Å². The van der Waals surface area contributed by atoms with Crippen molar-refractivity contribution in [1.82, 2.24) is 9.80 Å². The molecule has 2 aliphatic rings. The van der Waals surface area contributed by atoms with Gasteiger partial charge in [-0.25, -0.2) is 0 Å². The first kappa shape index (κ1) is 31.9. The Labute approximate surface area is 302 Å². The highest BCUT2D eigenvalue weighted by atomic mass is 79.9. The zero-order valence-corrected chi connectivity index (χ0v) is 28.8. The average molecular weight is 790 g/mol. The van der Waals surface area contributed by atoms with Gasteiger partial charge in [0, 0.05) is 30.8 Å². The molecular weight excluding hydrogens is 764 g/mol. The van der Waals surface area contributed by atoms with Gasteiger partial charge >= 0.3 is 0 Å². The summed E-state index contributed by atoms with van der Waals surface area (Å²) < 4.78 is 6.33. The van der Waals surface area contributed by atoms with Crippen molar-refractivity contribution in [3.8, 4) is 11.5 Å². The first-order valence-electron chi connectivity index (χ1n) is 15.4. The number of methoxy groups -OCH3 is 1. The molecule has 0 aliphatic carbocycles. The molecule has 0 unspecified atom stereocenters. The lowest BCUT2D eigenvalue weighted by molar-refractivity contribution is 0.0582. The van der Waals surface area contributed by atoms with Crippen molar-refractivity contribution in [2.45, 2.75) is 20.5 Å². The van der Waals surface area contributed by atoms with Crippen molar-refractivity contribution < 1.29 is 29.0 Å². The number of fused-ring (bicyclic) bond motifs is 2. The molecule has 0 atom stereocenters. The normalized spacial score (nSPS) is 14.1. The Morgan fingerprint density at radius 2 is 0.980 bits per heavy atom. The summed E-state index contributed by atoms with van der Waals surface area (Å²) in [5, 5.41) is 15.6. The summed E-state index contributed by atoms with van der Waals surface area (Å²) in [5.74, 6) is -0.839. The molecule has 7 aromatic carbocycles. The number of halogens is 2. The number of carbonyl (C=O) groups excluding carboxylic acids is 4. The summed E-state index contributed by atoms with van der Waals surface area (Å²) in [4.78, 5) is 58.7. The lowest BCUT2D eigenvalue weighted by Crippen LogP contribution is -2.40. The van der Waals surface area contributed by atoms with Crippen LogP contribution in [0.25, 0.3) is 43.1 Å². The van der Waals surface area contributed by atoms with Gasteiger partial charge in [-0.2, -0.15) is 0 Å². The van der Waals surface area contributed by atoms with E-state index < -0.39 is 17.7 Å². The largest absolute Gasteiger partial charge is 0.508 e. The maximum Gasteiger partial charge on any atom is 0.262 e. The van der Waals surface area contributed by atoms with Gasteiger partial charge < -0.3 is 9.84 Å². The highest BCUT2D eigenvalue weighted by molar-refractivity contribution is 9.10. The van der Waals surface area contributed by atoms with Crippen LogP contribution in [-0.2, 0) is 13.1 Å². The number of phenolic OH excluding ortho intramolecular Hbond substituents is 1. The molecule has 9 rings (SSSR count). The molecule has 0 saturated heterocycles. The number of nitrogens with zero attached hydrogens (tertiary/aromatic N) is 2. The third-order valence-electron chi connectivity index (χ3n) is 9.70. The van der Waals surface area contributed by atoms with E-state index in [1.165, 1.54) is 21.9 Å². The third-order valence-corrected chi connectivity index (χ3v) is 10.9. The molecule has 0 radical (unpaired) electrons. The molecule has 10 heteroatoms. The predicted octanol–water partition coefficient (Wildman–Crippen LogP) is 9.20. The van der Waals surface area contributed by atoms with E-state index in [1.807, 2.05) is 36.4 Å². The number of benzene rings is 7. The Morgan fingerprint density at radius 3 is 1.40 bits per heavy atom. The zero-order valence-electron chi connectivity index (χ0n) is 25.6. The van der Waals surface area contributed by atoms with Crippen molar-refractivity contribution in [2.24, 2.45) is 0 Å². The Hall–Kier alpha value is -5.32. The molecule has 2 heterocycles. The number of amides is 4. The molecule has 2 aliphatic heterocycles. The average Bonchev–Trinajstić information content (AvgIpc) is 3.10. The highest BCUT2D eigenvalue weighted by Gasteiger charge is 2.38. The molecule has 0 spiro atoms. The molecular formula is C40H26Br2N2O6. The second-order valence-corrected chi connectivity index (χ2v) is 14.0. The summed E-state index contributed by atoms with van der Waals surface area (Å²) >= 11 is 7.35. The van der Waals surface area contributed by atoms with Crippen LogP contribution in [0.1, 0.15) is 60.0 Å². The topological polar surface area (TPSA) is 104 Å². The van der Waals surface area contributed by atoms with Gasteiger partial charge in [-0.3, -0.25) is 29.0 Å². The maximum absolute atomic E-state index is 14.1. The van der Waals surface area contributed by atoms with Gasteiger partial charge in [-0.15, -0.1) is 0 Å². The summed E-state index contributed by atoms with van der Waals surface area (Å²) in [7, 11) is 1.58. The number of hydrogen-bond donors (Lipinski definition) is 1. The number of phenols is 1. The number of ether oxygens (including phenoxy) is 1. The van der Waals surface area contributed by atoms with E-state index in [0.717, 1.165) is 37.9 Å². The second-order valence-electron chi connectivity index (χ2n) is 12.3. The fraction of sp³-hybridized carbons (Fsp3) is 0.100. The van der Waals surface area contributed by atoms with Gasteiger partial charge in [-0.05, 0) is 124 Å². The number of carbonyl (C=O) groups is 4. The number of imide groups is 2. The zero-order chi connectivity index (χ0) is 33.9. The fourth-order valence-electron chi connectivity index (χ4n) is 7.44. The van der Waals surface area contributed by atoms with Gasteiger partial charge in [-0.1, -0.05) is 43.8 Å². The summed E-state index contributed by atoms with van der Waals surface area (Å²) in [5.41, 5.74) is 3.12. The monoisotopic (exact) mass is 788 g/mol. The number of rotatable bonds is 5. The Bertz CT molecular complexity index is 2650. The van der Waals surface area contributed by atoms with Crippen molar-refractivity contribution in [1.29, 1.82) is 0 Å². The summed E-state index contributed by atoms with van der Waals surface area (Å²) in [6.07, 6.45) is 0. The van der Waals surface area contributed by atoms with Crippen molar-refractivity contribution in [3.63, 3.8) is 0 Å². The molecule has 0 saturated carbocycles. The molecule has 1 N–H and O–H groups in total. The van der Waals surface area contributed by atoms with Crippen LogP contribution in [0.15, 0.2) is 93.9 Å². The lowest BCUT2D eigenvalue weighted by atomic mass is 9.82. The van der Waals surface area contributed by atoms with Crippen LogP contribution in [0.2, 0.25) is 0 Å². The van der Waals surface area contributed by atoms with Crippen molar-refractivity contribution in [2.75, 3.05) is 7.11 Å². The second kappa shape index (κ2) is 11.4. The smallest absolute Gasteiger partial charge is 0.262 e. The SMILES string of the molecule is C.COc1ccc(CN2C(=O)c3ccc4c5cc(Br)c6c7c(ccc(c8cc(Br)c(c3c48)C2=O)c75)C(=O)N(Cc2ccc(O)cc2)C6=O)cc1. The van der Waals surface area contributed by atoms with E-state index in [0.29, 0.717) is 53.3 Å². The van der Waals surface area contributed by atoms with Crippen LogP contribution in [0.3, 0.4) is 0 Å². The fourth-order valence-corrected chi connectivity index (χ4v) is 8.64. The molecule has 0 bridgehead atoms. The van der Waals surface area contributed by atoms with Gasteiger partial charge in [0.2, 0.25) is 0 Å². The van der Waals surface area contributed by atoms with Crippen molar-refractivity contribution in [3.05, 3.63) is 127 Å². The minimum absolute atomic E-state index is 0. The Kier molecular flexibility index (Phi) is 7.25. The standard InChI is InChI=1S/C39H22Br2N2O6.CH4/c1-49-21-8-4-19(5-9-21)17-43-37(46)25-13-11-23-26-14-28(40)34-32-24(36(45)42(38(34)47)16-18-2-6-20(44)7-3-18)12-10-22(30(26)32)27-15-29(41)35(39(43)48)33(25)31(23)27;/h2-15,44H,16-17H2,1H3;1H4. The van der Waals surface area contributed by atoms with Crippen LogP contribution >= 0.6 is 31.9 Å². The molecule has 0 aromatic heterocycles. The predicted molar refractivity (Wildman–Crippen MR) is 199 cm³/mol. The Balaban J connectivity index is 0.00000361. The minimum Gasteiger partial charge on any atom is -0.508 e. The van der Waals surface area contributed by atoms with Crippen LogP contribution in [-0.4, -0.2) is 45.6 Å². The first-order chi connectivity index (χ1) is 23.7. The van der Waals surface area contributed by atoms with Crippen molar-refractivity contribution >= 4 is 98.6 Å². The molecule has 8 nitrogen and oxygen atoms in total. The molecule has 4 amide bonds.